The molecule has 4 heteroatoms. The van der Waals surface area contributed by atoms with E-state index in [0.717, 1.165) is 41.4 Å². The van der Waals surface area contributed by atoms with Crippen LogP contribution in [0.3, 0.4) is 0 Å². The predicted molar refractivity (Wildman–Crippen MR) is 92.9 cm³/mol. The highest BCUT2D eigenvalue weighted by Crippen LogP contribution is 2.30. The minimum atomic E-state index is -0.305. The first-order chi connectivity index (χ1) is 11.6. The molecule has 0 aliphatic heterocycles. The Kier molecular flexibility index (Phi) is 3.53. The van der Waals surface area contributed by atoms with Crippen molar-refractivity contribution in [1.29, 1.82) is 0 Å². The minimum Gasteiger partial charge on any atom is -0.322 e. The van der Waals surface area contributed by atoms with Crippen LogP contribution in [0, 0.1) is 12.7 Å². The molecule has 2 aromatic carbocycles. The third kappa shape index (κ3) is 2.44. The van der Waals surface area contributed by atoms with Gasteiger partial charge in [-0.15, -0.1) is 0 Å². The molecule has 120 valence electrons. The highest BCUT2D eigenvalue weighted by Gasteiger charge is 2.24. The monoisotopic (exact) mass is 320 g/mol. The van der Waals surface area contributed by atoms with Crippen molar-refractivity contribution in [3.05, 3.63) is 70.7 Å². The Morgan fingerprint density at radius 3 is 2.83 bits per heavy atom. The van der Waals surface area contributed by atoms with Crippen molar-refractivity contribution in [2.24, 2.45) is 0 Å². The smallest absolute Gasteiger partial charge is 0.256 e. The maximum Gasteiger partial charge on any atom is 0.256 e. The minimum absolute atomic E-state index is 0.151. The van der Waals surface area contributed by atoms with Gasteiger partial charge in [0.15, 0.2) is 0 Å². The number of nitrogens with zero attached hydrogens (tertiary/aromatic N) is 1. The van der Waals surface area contributed by atoms with E-state index in [0.29, 0.717) is 16.8 Å². The topological polar surface area (TPSA) is 42.0 Å². The number of pyridine rings is 1. The van der Waals surface area contributed by atoms with E-state index >= 15 is 0 Å². The van der Waals surface area contributed by atoms with Gasteiger partial charge in [0.1, 0.15) is 5.82 Å². The van der Waals surface area contributed by atoms with Crippen molar-refractivity contribution < 1.29 is 9.18 Å². The molecule has 0 saturated carbocycles. The van der Waals surface area contributed by atoms with E-state index in [2.05, 4.69) is 5.32 Å². The summed E-state index contributed by atoms with van der Waals surface area (Å²) in [6.45, 7) is 1.79. The molecule has 1 aliphatic carbocycles. The normalized spacial score (nSPS) is 13.1. The molecule has 0 radical (unpaired) electrons. The van der Waals surface area contributed by atoms with Gasteiger partial charge in [0.05, 0.1) is 11.1 Å². The van der Waals surface area contributed by atoms with E-state index in [1.54, 1.807) is 13.0 Å². The van der Waals surface area contributed by atoms with Crippen molar-refractivity contribution in [1.82, 2.24) is 4.98 Å². The number of amides is 1. The number of nitrogens with one attached hydrogen (secondary N) is 1. The second kappa shape index (κ2) is 5.71. The fraction of sp³-hybridized carbons (Fsp3) is 0.200. The Hall–Kier alpha value is -2.75. The summed E-state index contributed by atoms with van der Waals surface area (Å²) in [4.78, 5) is 17.7. The molecule has 24 heavy (non-hydrogen) atoms. The quantitative estimate of drug-likeness (QED) is 0.759. The second-order valence-electron chi connectivity index (χ2n) is 6.20. The second-order valence-corrected chi connectivity index (χ2v) is 6.20. The third-order valence-electron chi connectivity index (χ3n) is 4.58. The summed E-state index contributed by atoms with van der Waals surface area (Å²) < 4.78 is 13.3. The van der Waals surface area contributed by atoms with E-state index < -0.39 is 0 Å². The van der Waals surface area contributed by atoms with Crippen LogP contribution in [0.2, 0.25) is 0 Å². The summed E-state index contributed by atoms with van der Waals surface area (Å²) in [5.41, 5.74) is 4.96. The molecule has 0 saturated heterocycles. The van der Waals surface area contributed by atoms with Gasteiger partial charge in [0.25, 0.3) is 5.91 Å². The van der Waals surface area contributed by atoms with Crippen LogP contribution in [0.4, 0.5) is 10.1 Å². The average Bonchev–Trinajstić information content (AvgIpc) is 3.02. The van der Waals surface area contributed by atoms with E-state index in [1.165, 1.54) is 12.1 Å². The number of carbonyl (C=O) groups excluding carboxylic acids is 1. The van der Waals surface area contributed by atoms with Crippen LogP contribution in [0.25, 0.3) is 10.9 Å². The van der Waals surface area contributed by atoms with Crippen LogP contribution in [0.5, 0.6) is 0 Å². The summed E-state index contributed by atoms with van der Waals surface area (Å²) in [6, 6.07) is 12.1. The third-order valence-corrected chi connectivity index (χ3v) is 4.58. The number of anilines is 1. The van der Waals surface area contributed by atoms with Gasteiger partial charge in [-0.25, -0.2) is 4.39 Å². The SMILES string of the molecule is Cc1cc(F)ccc1NC(=O)c1c2c(nc3ccccc13)CCC2. The molecule has 1 amide bonds. The standard InChI is InChI=1S/C20H17FN2O/c1-12-11-13(21)9-10-16(12)23-20(24)19-14-5-2-3-7-17(14)22-18-8-4-6-15(18)19/h2-3,5,7,9-11H,4,6,8H2,1H3,(H,23,24). The summed E-state index contributed by atoms with van der Waals surface area (Å²) in [5.74, 6) is -0.456. The molecule has 1 aromatic heterocycles. The zero-order valence-corrected chi connectivity index (χ0v) is 13.4. The van der Waals surface area contributed by atoms with Crippen molar-refractivity contribution in [2.45, 2.75) is 26.2 Å². The van der Waals surface area contributed by atoms with Gasteiger partial charge in [-0.05, 0) is 61.6 Å². The lowest BCUT2D eigenvalue weighted by molar-refractivity contribution is 0.102. The number of rotatable bonds is 2. The number of fused-ring (bicyclic) bond motifs is 2. The maximum atomic E-state index is 13.3. The molecule has 0 atom stereocenters. The molecule has 0 unspecified atom stereocenters. The van der Waals surface area contributed by atoms with Crippen LogP contribution in [-0.2, 0) is 12.8 Å². The van der Waals surface area contributed by atoms with Crippen LogP contribution >= 0.6 is 0 Å². The molecular weight excluding hydrogens is 303 g/mol. The Morgan fingerprint density at radius 2 is 2.00 bits per heavy atom. The number of halogens is 1. The van der Waals surface area contributed by atoms with Crippen molar-refractivity contribution in [3.8, 4) is 0 Å². The first-order valence-corrected chi connectivity index (χ1v) is 8.11. The lowest BCUT2D eigenvalue weighted by atomic mass is 10.0. The van der Waals surface area contributed by atoms with Crippen LogP contribution in [-0.4, -0.2) is 10.9 Å². The van der Waals surface area contributed by atoms with Gasteiger partial charge in [0, 0.05) is 16.8 Å². The molecule has 0 fully saturated rings. The number of benzene rings is 2. The molecule has 0 bridgehead atoms. The summed E-state index contributed by atoms with van der Waals surface area (Å²) in [6.07, 6.45) is 2.81. The zero-order valence-electron chi connectivity index (χ0n) is 13.4. The fourth-order valence-corrected chi connectivity index (χ4v) is 3.42. The summed E-state index contributed by atoms with van der Waals surface area (Å²) >= 11 is 0. The lowest BCUT2D eigenvalue weighted by Gasteiger charge is -2.14. The van der Waals surface area contributed by atoms with Crippen molar-refractivity contribution in [3.63, 3.8) is 0 Å². The van der Waals surface area contributed by atoms with Crippen molar-refractivity contribution >= 4 is 22.5 Å². The first-order valence-electron chi connectivity index (χ1n) is 8.11. The Morgan fingerprint density at radius 1 is 1.17 bits per heavy atom. The predicted octanol–water partition coefficient (Wildman–Crippen LogP) is 4.42. The number of hydrogen-bond acceptors (Lipinski definition) is 2. The average molecular weight is 320 g/mol. The van der Waals surface area contributed by atoms with Gasteiger partial charge < -0.3 is 5.32 Å². The maximum absolute atomic E-state index is 13.3. The van der Waals surface area contributed by atoms with Gasteiger partial charge >= 0.3 is 0 Å². The highest BCUT2D eigenvalue weighted by atomic mass is 19.1. The Labute approximate surface area is 139 Å². The van der Waals surface area contributed by atoms with Gasteiger partial charge in [0.2, 0.25) is 0 Å². The molecule has 1 aliphatic rings. The summed E-state index contributed by atoms with van der Waals surface area (Å²) in [7, 11) is 0. The molecule has 3 aromatic rings. The van der Waals surface area contributed by atoms with Gasteiger partial charge in [-0.1, -0.05) is 18.2 Å². The first kappa shape index (κ1) is 14.8. The van der Waals surface area contributed by atoms with E-state index in [-0.39, 0.29) is 11.7 Å². The molecule has 1 N–H and O–H groups in total. The molecule has 0 spiro atoms. The molecule has 3 nitrogen and oxygen atoms in total. The Bertz CT molecular complexity index is 965. The van der Waals surface area contributed by atoms with E-state index in [1.807, 2.05) is 24.3 Å². The largest absolute Gasteiger partial charge is 0.322 e. The Balaban J connectivity index is 1.82. The summed E-state index contributed by atoms with van der Waals surface area (Å²) in [5, 5.41) is 3.81. The fourth-order valence-electron chi connectivity index (χ4n) is 3.42. The molecule has 1 heterocycles. The number of aryl methyl sites for hydroxylation is 2. The van der Waals surface area contributed by atoms with Crippen molar-refractivity contribution in [2.75, 3.05) is 5.32 Å². The van der Waals surface area contributed by atoms with E-state index in [4.69, 9.17) is 4.98 Å². The number of para-hydroxylation sites is 1. The van der Waals surface area contributed by atoms with Crippen LogP contribution < -0.4 is 5.32 Å². The number of aromatic nitrogens is 1. The molecule has 4 rings (SSSR count). The molecular formula is C20H17FN2O. The number of carbonyl (C=O) groups is 1. The van der Waals surface area contributed by atoms with Crippen LogP contribution in [0.1, 0.15) is 33.6 Å². The van der Waals surface area contributed by atoms with E-state index in [9.17, 15) is 9.18 Å². The van der Waals surface area contributed by atoms with Gasteiger partial charge in [-0.2, -0.15) is 0 Å². The highest BCUT2D eigenvalue weighted by molar-refractivity contribution is 6.13. The number of hydrogen-bond donors (Lipinski definition) is 1. The van der Waals surface area contributed by atoms with Crippen LogP contribution in [0.15, 0.2) is 42.5 Å². The van der Waals surface area contributed by atoms with Gasteiger partial charge in [-0.3, -0.25) is 9.78 Å². The zero-order chi connectivity index (χ0) is 16.7. The lowest BCUT2D eigenvalue weighted by Crippen LogP contribution is -2.16.